The van der Waals surface area contributed by atoms with E-state index in [9.17, 15) is 0 Å². The highest BCUT2D eigenvalue weighted by Gasteiger charge is 2.16. The van der Waals surface area contributed by atoms with E-state index in [-0.39, 0.29) is 0 Å². The van der Waals surface area contributed by atoms with Gasteiger partial charge in [-0.1, -0.05) is 18.2 Å². The second kappa shape index (κ2) is 2.53. The minimum absolute atomic E-state index is 0.968. The first-order valence-corrected chi connectivity index (χ1v) is 3.73. The minimum Gasteiger partial charge on any atom is -0.295 e. The average Bonchev–Trinajstić information content (AvgIpc) is 2.47. The summed E-state index contributed by atoms with van der Waals surface area (Å²) in [5.41, 5.74) is 5.22. The lowest BCUT2D eigenvalue weighted by atomic mass is 10.2. The second-order valence-electron chi connectivity index (χ2n) is 2.66. The molecule has 3 N–H and O–H groups in total. The summed E-state index contributed by atoms with van der Waals surface area (Å²) in [6.07, 6.45) is 1.08. The fraction of sp³-hybridized carbons (Fsp3) is 0.250. The van der Waals surface area contributed by atoms with Crippen LogP contribution in [0.2, 0.25) is 0 Å². The number of hydrazine groups is 2. The zero-order chi connectivity index (χ0) is 7.68. The summed E-state index contributed by atoms with van der Waals surface area (Å²) in [4.78, 5) is 0. The Balaban J connectivity index is 2.39. The first-order valence-electron chi connectivity index (χ1n) is 3.73. The topological polar surface area (TPSA) is 41.3 Å². The molecule has 0 saturated heterocycles. The van der Waals surface area contributed by atoms with E-state index in [1.54, 1.807) is 0 Å². The maximum atomic E-state index is 5.32. The van der Waals surface area contributed by atoms with E-state index in [0.717, 1.165) is 13.0 Å². The van der Waals surface area contributed by atoms with Crippen molar-refractivity contribution in [2.75, 3.05) is 11.6 Å². The van der Waals surface area contributed by atoms with Crippen LogP contribution in [-0.4, -0.2) is 6.54 Å². The van der Waals surface area contributed by atoms with Gasteiger partial charge in [0, 0.05) is 6.54 Å². The van der Waals surface area contributed by atoms with Gasteiger partial charge in [-0.2, -0.15) is 5.53 Å². The summed E-state index contributed by atoms with van der Waals surface area (Å²) >= 11 is 0. The predicted molar refractivity (Wildman–Crippen MR) is 44.8 cm³/mol. The largest absolute Gasteiger partial charge is 0.295 e. The van der Waals surface area contributed by atoms with E-state index in [1.807, 2.05) is 11.1 Å². The normalized spacial score (nSPS) is 15.2. The highest BCUT2D eigenvalue weighted by atomic mass is 15.6. The first kappa shape index (κ1) is 6.64. The molecule has 3 heteroatoms. The maximum Gasteiger partial charge on any atom is 0.0566 e. The SMILES string of the molecule is NNN1CCc2ccccc21. The fourth-order valence-corrected chi connectivity index (χ4v) is 1.47. The van der Waals surface area contributed by atoms with Crippen LogP contribution in [0.3, 0.4) is 0 Å². The van der Waals surface area contributed by atoms with Gasteiger partial charge < -0.3 is 0 Å². The van der Waals surface area contributed by atoms with Crippen molar-refractivity contribution in [2.24, 2.45) is 5.84 Å². The highest BCUT2D eigenvalue weighted by Crippen LogP contribution is 2.24. The molecule has 1 aliphatic rings. The third-order valence-corrected chi connectivity index (χ3v) is 2.04. The number of nitrogens with zero attached hydrogens (tertiary/aromatic N) is 1. The third kappa shape index (κ3) is 0.982. The molecule has 11 heavy (non-hydrogen) atoms. The molecule has 0 saturated carbocycles. The highest BCUT2D eigenvalue weighted by molar-refractivity contribution is 5.56. The fourth-order valence-electron chi connectivity index (χ4n) is 1.47. The van der Waals surface area contributed by atoms with Crippen LogP contribution in [0.25, 0.3) is 0 Å². The van der Waals surface area contributed by atoms with Gasteiger partial charge in [-0.15, -0.1) is 0 Å². The Morgan fingerprint density at radius 1 is 1.36 bits per heavy atom. The van der Waals surface area contributed by atoms with Gasteiger partial charge in [0.1, 0.15) is 0 Å². The van der Waals surface area contributed by atoms with E-state index in [0.29, 0.717) is 0 Å². The van der Waals surface area contributed by atoms with Gasteiger partial charge in [0.05, 0.1) is 5.69 Å². The lowest BCUT2D eigenvalue weighted by Crippen LogP contribution is -2.41. The van der Waals surface area contributed by atoms with Crippen molar-refractivity contribution < 1.29 is 0 Å². The molecular weight excluding hydrogens is 138 g/mol. The predicted octanol–water partition coefficient (Wildman–Crippen LogP) is 0.427. The number of para-hydroxylation sites is 1. The van der Waals surface area contributed by atoms with Crippen molar-refractivity contribution in [3.8, 4) is 0 Å². The first-order chi connectivity index (χ1) is 5.42. The number of fused-ring (bicyclic) bond motifs is 1. The molecule has 58 valence electrons. The molecule has 1 aliphatic heterocycles. The van der Waals surface area contributed by atoms with Crippen molar-refractivity contribution in [2.45, 2.75) is 6.42 Å². The molecule has 2 rings (SSSR count). The van der Waals surface area contributed by atoms with Crippen LogP contribution in [0.4, 0.5) is 5.69 Å². The van der Waals surface area contributed by atoms with Crippen LogP contribution in [-0.2, 0) is 6.42 Å². The number of hydrogen-bond acceptors (Lipinski definition) is 3. The lowest BCUT2D eigenvalue weighted by Gasteiger charge is -2.15. The molecule has 0 fully saturated rings. The van der Waals surface area contributed by atoms with Gasteiger partial charge in [-0.05, 0) is 18.1 Å². The van der Waals surface area contributed by atoms with E-state index >= 15 is 0 Å². The van der Waals surface area contributed by atoms with Crippen LogP contribution in [0, 0.1) is 0 Å². The van der Waals surface area contributed by atoms with Crippen molar-refractivity contribution in [3.63, 3.8) is 0 Å². The molecule has 0 radical (unpaired) electrons. The maximum absolute atomic E-state index is 5.32. The van der Waals surface area contributed by atoms with Gasteiger partial charge in [-0.3, -0.25) is 10.9 Å². The minimum atomic E-state index is 0.968. The van der Waals surface area contributed by atoms with Crippen molar-refractivity contribution in [1.29, 1.82) is 0 Å². The van der Waals surface area contributed by atoms with Crippen LogP contribution in [0.15, 0.2) is 24.3 Å². The van der Waals surface area contributed by atoms with Crippen LogP contribution < -0.4 is 16.4 Å². The number of rotatable bonds is 1. The molecular formula is C8H11N3. The summed E-state index contributed by atoms with van der Waals surface area (Å²) in [5.74, 6) is 5.32. The average molecular weight is 149 g/mol. The molecule has 0 spiro atoms. The van der Waals surface area contributed by atoms with Crippen LogP contribution >= 0.6 is 0 Å². The van der Waals surface area contributed by atoms with Gasteiger partial charge >= 0.3 is 0 Å². The van der Waals surface area contributed by atoms with E-state index in [4.69, 9.17) is 5.84 Å². The van der Waals surface area contributed by atoms with Gasteiger partial charge in [0.2, 0.25) is 0 Å². The van der Waals surface area contributed by atoms with E-state index in [2.05, 4.69) is 23.7 Å². The summed E-state index contributed by atoms with van der Waals surface area (Å²) < 4.78 is 0. The monoisotopic (exact) mass is 149 g/mol. The number of nitrogens with two attached hydrogens (primary N) is 1. The Labute approximate surface area is 65.7 Å². The number of benzene rings is 1. The van der Waals surface area contributed by atoms with Crippen molar-refractivity contribution in [1.82, 2.24) is 5.53 Å². The molecule has 1 aromatic carbocycles. The zero-order valence-electron chi connectivity index (χ0n) is 6.25. The lowest BCUT2D eigenvalue weighted by molar-refractivity contribution is 0.679. The number of hydrogen-bond donors (Lipinski definition) is 2. The van der Waals surface area contributed by atoms with E-state index in [1.165, 1.54) is 11.3 Å². The molecule has 0 aromatic heterocycles. The Hall–Kier alpha value is -1.06. The molecule has 0 atom stereocenters. The molecule has 0 bridgehead atoms. The summed E-state index contributed by atoms with van der Waals surface area (Å²) in [5, 5.41) is 1.95. The molecule has 3 nitrogen and oxygen atoms in total. The van der Waals surface area contributed by atoms with Crippen LogP contribution in [0.1, 0.15) is 5.56 Å². The molecule has 0 aliphatic carbocycles. The molecule has 0 amide bonds. The van der Waals surface area contributed by atoms with Gasteiger partial charge in [0.25, 0.3) is 0 Å². The Kier molecular flexibility index (Phi) is 1.52. The Morgan fingerprint density at radius 2 is 2.18 bits per heavy atom. The summed E-state index contributed by atoms with van der Waals surface area (Å²) in [6.45, 7) is 0.968. The van der Waals surface area contributed by atoms with Crippen molar-refractivity contribution in [3.05, 3.63) is 29.8 Å². The molecule has 1 heterocycles. The smallest absolute Gasteiger partial charge is 0.0566 e. The third-order valence-electron chi connectivity index (χ3n) is 2.04. The standard InChI is InChI=1S/C8H11N3/c9-10-11-6-5-7-3-1-2-4-8(7)11/h1-4,10H,5-6,9H2. The molecule has 1 aromatic rings. The zero-order valence-corrected chi connectivity index (χ0v) is 6.25. The summed E-state index contributed by atoms with van der Waals surface area (Å²) in [7, 11) is 0. The van der Waals surface area contributed by atoms with Gasteiger partial charge in [-0.25, -0.2) is 0 Å². The van der Waals surface area contributed by atoms with E-state index < -0.39 is 0 Å². The molecule has 0 unspecified atom stereocenters. The number of nitrogens with one attached hydrogen (secondary N) is 1. The summed E-state index contributed by atoms with van der Waals surface area (Å²) in [6, 6.07) is 8.28. The quantitative estimate of drug-likeness (QED) is 0.449. The second-order valence-corrected chi connectivity index (χ2v) is 2.66. The van der Waals surface area contributed by atoms with Crippen molar-refractivity contribution >= 4 is 5.69 Å². The Morgan fingerprint density at radius 3 is 3.00 bits per heavy atom. The van der Waals surface area contributed by atoms with Crippen LogP contribution in [0.5, 0.6) is 0 Å². The Bertz CT molecular complexity index is 259. The number of anilines is 1. The van der Waals surface area contributed by atoms with Gasteiger partial charge in [0.15, 0.2) is 0 Å².